The molecule has 2 saturated heterocycles. The van der Waals surface area contributed by atoms with E-state index in [2.05, 4.69) is 14.6 Å². The molecule has 0 unspecified atom stereocenters. The zero-order valence-electron chi connectivity index (χ0n) is 18.3. The van der Waals surface area contributed by atoms with Crippen LogP contribution in [0.1, 0.15) is 47.5 Å². The number of nitrogens with one attached hydrogen (secondary N) is 1. The minimum absolute atomic E-state index is 0.0282. The molecule has 31 heavy (non-hydrogen) atoms. The lowest BCUT2D eigenvalue weighted by atomic mass is 10.3. The molecule has 0 saturated carbocycles. The van der Waals surface area contributed by atoms with Gasteiger partial charge in [0.15, 0.2) is 0 Å². The number of carbonyl (C=O) groups excluding carboxylic acids is 1. The number of thiazole rings is 1. The van der Waals surface area contributed by atoms with E-state index in [0.29, 0.717) is 27.8 Å². The summed E-state index contributed by atoms with van der Waals surface area (Å²) >= 11 is 1.34. The summed E-state index contributed by atoms with van der Waals surface area (Å²) < 4.78 is 30.0. The third-order valence-electron chi connectivity index (χ3n) is 6.04. The lowest BCUT2D eigenvalue weighted by Gasteiger charge is -2.14. The normalized spacial score (nSPS) is 17.7. The second kappa shape index (κ2) is 9.40. The van der Waals surface area contributed by atoms with Gasteiger partial charge in [-0.2, -0.15) is 0 Å². The summed E-state index contributed by atoms with van der Waals surface area (Å²) in [6.07, 6.45) is 6.96. The van der Waals surface area contributed by atoms with Crippen LogP contribution in [-0.4, -0.2) is 72.9 Å². The molecule has 10 heteroatoms. The van der Waals surface area contributed by atoms with Gasteiger partial charge in [-0.1, -0.05) is 0 Å². The lowest BCUT2D eigenvalue weighted by molar-refractivity contribution is 0.0796. The first-order valence-electron chi connectivity index (χ1n) is 11.0. The van der Waals surface area contributed by atoms with Crippen LogP contribution >= 0.6 is 11.3 Å². The van der Waals surface area contributed by atoms with Crippen LogP contribution in [0.4, 0.5) is 0 Å². The largest absolute Gasteiger partial charge is 0.347 e. The van der Waals surface area contributed by atoms with Crippen LogP contribution in [-0.2, 0) is 17.1 Å². The van der Waals surface area contributed by atoms with Crippen molar-refractivity contribution in [3.63, 3.8) is 0 Å². The molecule has 0 aliphatic carbocycles. The first-order valence-corrected chi connectivity index (χ1v) is 13.3. The molecule has 2 fully saturated rings. The van der Waals surface area contributed by atoms with Crippen molar-refractivity contribution in [2.45, 2.75) is 43.9 Å². The zero-order chi connectivity index (χ0) is 22.0. The van der Waals surface area contributed by atoms with Crippen LogP contribution in [0, 0.1) is 6.92 Å². The Morgan fingerprint density at radius 1 is 1.16 bits per heavy atom. The average molecular weight is 466 g/mol. The first-order chi connectivity index (χ1) is 14.8. The van der Waals surface area contributed by atoms with Crippen molar-refractivity contribution < 1.29 is 13.2 Å². The van der Waals surface area contributed by atoms with Crippen LogP contribution in [0.5, 0.6) is 0 Å². The number of carbonyl (C=O) groups is 1. The van der Waals surface area contributed by atoms with E-state index in [1.165, 1.54) is 24.2 Å². The van der Waals surface area contributed by atoms with E-state index < -0.39 is 10.0 Å². The number of amides is 1. The highest BCUT2D eigenvalue weighted by Gasteiger charge is 2.26. The van der Waals surface area contributed by atoms with Gasteiger partial charge in [0.05, 0.1) is 11.4 Å². The molecule has 0 bridgehead atoms. The molecule has 2 aliphatic heterocycles. The number of aryl methyl sites for hydroxylation is 2. The lowest BCUT2D eigenvalue weighted by Crippen LogP contribution is -2.28. The number of sulfonamides is 1. The van der Waals surface area contributed by atoms with Gasteiger partial charge in [-0.25, -0.2) is 18.1 Å². The predicted molar refractivity (Wildman–Crippen MR) is 122 cm³/mol. The van der Waals surface area contributed by atoms with E-state index in [0.717, 1.165) is 52.0 Å². The molecular formula is C21H31N5O3S2. The Morgan fingerprint density at radius 2 is 1.84 bits per heavy atom. The first kappa shape index (κ1) is 22.4. The maximum absolute atomic E-state index is 12.8. The summed E-state index contributed by atoms with van der Waals surface area (Å²) in [5.41, 5.74) is 1.40. The highest BCUT2D eigenvalue weighted by molar-refractivity contribution is 7.89. The summed E-state index contributed by atoms with van der Waals surface area (Å²) in [5.74, 6) is 0.0282. The monoisotopic (exact) mass is 465 g/mol. The molecule has 0 atom stereocenters. The van der Waals surface area contributed by atoms with Crippen LogP contribution in [0.15, 0.2) is 17.2 Å². The van der Waals surface area contributed by atoms with Crippen LogP contribution < -0.4 is 4.72 Å². The Hall–Kier alpha value is -1.75. The molecule has 4 rings (SSSR count). The fraction of sp³-hybridized carbons (Fsp3) is 0.619. The minimum atomic E-state index is -3.59. The summed E-state index contributed by atoms with van der Waals surface area (Å²) in [4.78, 5) is 22.5. The van der Waals surface area contributed by atoms with E-state index in [1.54, 1.807) is 23.9 Å². The van der Waals surface area contributed by atoms with Gasteiger partial charge in [-0.3, -0.25) is 4.79 Å². The molecule has 170 valence electrons. The van der Waals surface area contributed by atoms with E-state index in [-0.39, 0.29) is 10.8 Å². The second-order valence-electron chi connectivity index (χ2n) is 8.40. The molecule has 1 N–H and O–H groups in total. The summed E-state index contributed by atoms with van der Waals surface area (Å²) in [6.45, 7) is 7.01. The third kappa shape index (κ3) is 5.02. The summed E-state index contributed by atoms with van der Waals surface area (Å²) in [6, 6.07) is 1.64. The third-order valence-corrected chi connectivity index (χ3v) is 8.63. The molecule has 0 aromatic carbocycles. The van der Waals surface area contributed by atoms with Crippen molar-refractivity contribution in [1.82, 2.24) is 24.1 Å². The quantitative estimate of drug-likeness (QED) is 0.605. The van der Waals surface area contributed by atoms with Crippen molar-refractivity contribution in [2.75, 3.05) is 39.3 Å². The standard InChI is InChI=1S/C21H31N5O3S2/c1-16-19(21(27)26-12-5-6-13-26)30-20(23-16)18-14-17(15-24(18)2)31(28,29)22-8-7-11-25-9-3-4-10-25/h14-15,22H,3-13H2,1-2H3. The number of likely N-dealkylation sites (tertiary alicyclic amines) is 2. The van der Waals surface area contributed by atoms with Gasteiger partial charge in [0.25, 0.3) is 5.91 Å². The van der Waals surface area contributed by atoms with Gasteiger partial charge in [-0.05, 0) is 64.7 Å². The molecule has 0 radical (unpaired) electrons. The Bertz CT molecular complexity index is 1030. The van der Waals surface area contributed by atoms with Crippen LogP contribution in [0.3, 0.4) is 0 Å². The summed E-state index contributed by atoms with van der Waals surface area (Å²) in [7, 11) is -1.78. The minimum Gasteiger partial charge on any atom is -0.347 e. The van der Waals surface area contributed by atoms with Crippen molar-refractivity contribution >= 4 is 27.3 Å². The molecule has 0 spiro atoms. The predicted octanol–water partition coefficient (Wildman–Crippen LogP) is 2.46. The van der Waals surface area contributed by atoms with E-state index in [9.17, 15) is 13.2 Å². The molecule has 4 heterocycles. The number of hydrogen-bond donors (Lipinski definition) is 1. The van der Waals surface area contributed by atoms with Crippen LogP contribution in [0.2, 0.25) is 0 Å². The topological polar surface area (TPSA) is 87.5 Å². The molecule has 1 amide bonds. The fourth-order valence-electron chi connectivity index (χ4n) is 4.26. The molecular weight excluding hydrogens is 434 g/mol. The number of aromatic nitrogens is 2. The molecule has 2 aromatic rings. The van der Waals surface area contributed by atoms with Crippen molar-refractivity contribution in [2.24, 2.45) is 7.05 Å². The van der Waals surface area contributed by atoms with E-state index in [4.69, 9.17) is 0 Å². The van der Waals surface area contributed by atoms with Gasteiger partial charge in [0, 0.05) is 32.9 Å². The Balaban J connectivity index is 1.44. The molecule has 2 aromatic heterocycles. The number of rotatable bonds is 8. The highest BCUT2D eigenvalue weighted by atomic mass is 32.2. The van der Waals surface area contributed by atoms with Gasteiger partial charge in [0.1, 0.15) is 14.8 Å². The highest BCUT2D eigenvalue weighted by Crippen LogP contribution is 2.31. The molecule has 2 aliphatic rings. The van der Waals surface area contributed by atoms with Crippen molar-refractivity contribution in [3.8, 4) is 10.7 Å². The molecule has 8 nitrogen and oxygen atoms in total. The van der Waals surface area contributed by atoms with E-state index in [1.807, 2.05) is 11.8 Å². The number of hydrogen-bond acceptors (Lipinski definition) is 6. The van der Waals surface area contributed by atoms with Gasteiger partial charge >= 0.3 is 0 Å². The average Bonchev–Trinajstić information content (AvgIpc) is 3.51. The Morgan fingerprint density at radius 3 is 2.55 bits per heavy atom. The van der Waals surface area contributed by atoms with E-state index >= 15 is 0 Å². The Labute approximate surface area is 188 Å². The zero-order valence-corrected chi connectivity index (χ0v) is 19.9. The SMILES string of the molecule is Cc1nc(-c2cc(S(=O)(=O)NCCCN3CCCC3)cn2C)sc1C(=O)N1CCCC1. The fourth-order valence-corrected chi connectivity index (χ4v) is 6.50. The second-order valence-corrected chi connectivity index (χ2v) is 11.2. The van der Waals surface area contributed by atoms with Gasteiger partial charge in [0.2, 0.25) is 10.0 Å². The maximum atomic E-state index is 12.8. The maximum Gasteiger partial charge on any atom is 0.265 e. The Kier molecular flexibility index (Phi) is 6.80. The van der Waals surface area contributed by atoms with Crippen molar-refractivity contribution in [1.29, 1.82) is 0 Å². The van der Waals surface area contributed by atoms with Crippen LogP contribution in [0.25, 0.3) is 10.7 Å². The van der Waals surface area contributed by atoms with Gasteiger partial charge in [-0.15, -0.1) is 11.3 Å². The van der Waals surface area contributed by atoms with Crippen molar-refractivity contribution in [3.05, 3.63) is 22.8 Å². The summed E-state index contributed by atoms with van der Waals surface area (Å²) in [5, 5.41) is 0.665. The van der Waals surface area contributed by atoms with Gasteiger partial charge < -0.3 is 14.4 Å². The number of nitrogens with zero attached hydrogens (tertiary/aromatic N) is 4. The smallest absolute Gasteiger partial charge is 0.265 e.